The molecule has 0 spiro atoms. The molecule has 3 aromatic rings. The van der Waals surface area contributed by atoms with Gasteiger partial charge >= 0.3 is 5.97 Å². The molecule has 0 aliphatic rings. The van der Waals surface area contributed by atoms with Crippen molar-refractivity contribution in [3.8, 4) is 0 Å². The number of ether oxygens (including phenoxy) is 1. The zero-order valence-electron chi connectivity index (χ0n) is 11.3. The fourth-order valence-corrected chi connectivity index (χ4v) is 2.13. The summed E-state index contributed by atoms with van der Waals surface area (Å²) in [5, 5.41) is 9.02. The van der Waals surface area contributed by atoms with Crippen LogP contribution in [-0.4, -0.2) is 20.5 Å². The largest absolute Gasteiger partial charge is 0.477 e. The Labute approximate surface area is 121 Å². The lowest BCUT2D eigenvalue weighted by molar-refractivity contribution is 0.0689. The highest BCUT2D eigenvalue weighted by atomic mass is 16.5. The van der Waals surface area contributed by atoms with E-state index in [1.54, 1.807) is 10.6 Å². The minimum Gasteiger partial charge on any atom is -0.477 e. The Morgan fingerprint density at radius 2 is 1.90 bits per heavy atom. The van der Waals surface area contributed by atoms with E-state index >= 15 is 0 Å². The molecule has 3 rings (SSSR count). The number of carbonyl (C=O) groups is 1. The Hall–Kier alpha value is -2.66. The number of benzene rings is 1. The van der Waals surface area contributed by atoms with E-state index in [1.165, 1.54) is 6.20 Å². The van der Waals surface area contributed by atoms with Crippen molar-refractivity contribution in [3.05, 3.63) is 71.7 Å². The van der Waals surface area contributed by atoms with Gasteiger partial charge in [0.15, 0.2) is 5.69 Å². The van der Waals surface area contributed by atoms with Crippen LogP contribution in [0.4, 0.5) is 0 Å². The average molecular weight is 282 g/mol. The van der Waals surface area contributed by atoms with Gasteiger partial charge in [0.25, 0.3) is 0 Å². The van der Waals surface area contributed by atoms with Gasteiger partial charge in [0, 0.05) is 6.20 Å². The number of pyridine rings is 1. The van der Waals surface area contributed by atoms with E-state index < -0.39 is 5.97 Å². The first-order valence-corrected chi connectivity index (χ1v) is 6.55. The summed E-state index contributed by atoms with van der Waals surface area (Å²) in [7, 11) is 0. The summed E-state index contributed by atoms with van der Waals surface area (Å²) in [5.74, 6) is -0.990. The van der Waals surface area contributed by atoms with Crippen LogP contribution in [0.25, 0.3) is 5.65 Å². The van der Waals surface area contributed by atoms with E-state index in [0.29, 0.717) is 18.9 Å². The Morgan fingerprint density at radius 3 is 2.67 bits per heavy atom. The molecule has 0 fully saturated rings. The molecule has 21 heavy (non-hydrogen) atoms. The van der Waals surface area contributed by atoms with Crippen LogP contribution in [0.3, 0.4) is 0 Å². The second-order valence-corrected chi connectivity index (χ2v) is 4.69. The molecule has 0 radical (unpaired) electrons. The van der Waals surface area contributed by atoms with Gasteiger partial charge in [0.1, 0.15) is 5.65 Å². The Bertz CT molecular complexity index is 766. The normalized spacial score (nSPS) is 10.9. The molecule has 0 saturated heterocycles. The third-order valence-corrected chi connectivity index (χ3v) is 3.18. The van der Waals surface area contributed by atoms with Crippen LogP contribution in [0.15, 0.2) is 54.9 Å². The number of aromatic carboxylic acids is 1. The van der Waals surface area contributed by atoms with Crippen molar-refractivity contribution < 1.29 is 14.6 Å². The average Bonchev–Trinajstić information content (AvgIpc) is 2.91. The molecular formula is C16H14N2O3. The first-order valence-electron chi connectivity index (χ1n) is 6.55. The summed E-state index contributed by atoms with van der Waals surface area (Å²) in [5.41, 5.74) is 2.84. The molecule has 0 saturated carbocycles. The molecule has 0 aliphatic carbocycles. The zero-order chi connectivity index (χ0) is 14.7. The van der Waals surface area contributed by atoms with Crippen molar-refractivity contribution in [3.63, 3.8) is 0 Å². The van der Waals surface area contributed by atoms with E-state index in [0.717, 1.165) is 11.1 Å². The number of imidazole rings is 1. The van der Waals surface area contributed by atoms with E-state index in [1.807, 2.05) is 42.5 Å². The minimum atomic E-state index is -0.990. The van der Waals surface area contributed by atoms with Gasteiger partial charge in [-0.25, -0.2) is 9.78 Å². The molecule has 2 heterocycles. The maximum absolute atomic E-state index is 11.0. The molecule has 5 nitrogen and oxygen atoms in total. The van der Waals surface area contributed by atoms with Gasteiger partial charge in [0.05, 0.1) is 19.4 Å². The van der Waals surface area contributed by atoms with Gasteiger partial charge in [-0.1, -0.05) is 30.3 Å². The number of rotatable bonds is 5. The number of fused-ring (bicyclic) bond motifs is 1. The highest BCUT2D eigenvalue weighted by molar-refractivity contribution is 5.86. The molecule has 5 heteroatoms. The molecule has 106 valence electrons. The first kappa shape index (κ1) is 13.3. The predicted octanol–water partition coefficient (Wildman–Crippen LogP) is 2.75. The number of nitrogens with zero attached hydrogens (tertiary/aromatic N) is 2. The summed E-state index contributed by atoms with van der Waals surface area (Å²) in [6.45, 7) is 1.00. The Balaban J connectivity index is 1.69. The highest BCUT2D eigenvalue weighted by Gasteiger charge is 2.10. The molecule has 0 aliphatic heterocycles. The van der Waals surface area contributed by atoms with Gasteiger partial charge < -0.3 is 9.84 Å². The number of carboxylic acids is 1. The van der Waals surface area contributed by atoms with Gasteiger partial charge in [-0.15, -0.1) is 0 Å². The maximum atomic E-state index is 11.0. The molecule has 0 unspecified atom stereocenters. The van der Waals surface area contributed by atoms with E-state index in [2.05, 4.69) is 4.98 Å². The van der Waals surface area contributed by atoms with Gasteiger partial charge in [-0.05, 0) is 23.3 Å². The number of carboxylic acid groups (broad SMARTS) is 1. The highest BCUT2D eigenvalue weighted by Crippen LogP contribution is 2.11. The van der Waals surface area contributed by atoms with Crippen molar-refractivity contribution in [2.75, 3.05) is 0 Å². The smallest absolute Gasteiger partial charge is 0.354 e. The maximum Gasteiger partial charge on any atom is 0.354 e. The molecular weight excluding hydrogens is 268 g/mol. The van der Waals surface area contributed by atoms with Crippen LogP contribution < -0.4 is 0 Å². The second-order valence-electron chi connectivity index (χ2n) is 4.69. The van der Waals surface area contributed by atoms with Crippen LogP contribution >= 0.6 is 0 Å². The molecule has 1 aromatic carbocycles. The summed E-state index contributed by atoms with van der Waals surface area (Å²) in [4.78, 5) is 15.1. The molecule has 0 atom stereocenters. The lowest BCUT2D eigenvalue weighted by Crippen LogP contribution is -2.02. The van der Waals surface area contributed by atoms with Crippen LogP contribution in [0.5, 0.6) is 0 Å². The molecule has 0 bridgehead atoms. The molecule has 2 aromatic heterocycles. The zero-order valence-corrected chi connectivity index (χ0v) is 11.3. The van der Waals surface area contributed by atoms with E-state index in [4.69, 9.17) is 9.84 Å². The second kappa shape index (κ2) is 5.76. The van der Waals surface area contributed by atoms with Gasteiger partial charge in [-0.2, -0.15) is 0 Å². The van der Waals surface area contributed by atoms with Crippen LogP contribution in [0, 0.1) is 0 Å². The Morgan fingerprint density at radius 1 is 1.14 bits per heavy atom. The monoisotopic (exact) mass is 282 g/mol. The lowest BCUT2D eigenvalue weighted by atomic mass is 10.2. The van der Waals surface area contributed by atoms with Crippen molar-refractivity contribution >= 4 is 11.6 Å². The van der Waals surface area contributed by atoms with Crippen LogP contribution in [0.2, 0.25) is 0 Å². The fourth-order valence-electron chi connectivity index (χ4n) is 2.13. The van der Waals surface area contributed by atoms with Crippen molar-refractivity contribution in [1.29, 1.82) is 0 Å². The SMILES string of the molecule is O=C(O)c1cnc2cc(COCc3ccccc3)ccn12. The summed E-state index contributed by atoms with van der Waals surface area (Å²) >= 11 is 0. The van der Waals surface area contributed by atoms with E-state index in [9.17, 15) is 4.79 Å². The van der Waals surface area contributed by atoms with Crippen LogP contribution in [0.1, 0.15) is 21.6 Å². The Kier molecular flexibility index (Phi) is 3.66. The summed E-state index contributed by atoms with van der Waals surface area (Å²) in [6.07, 6.45) is 3.05. The third-order valence-electron chi connectivity index (χ3n) is 3.18. The topological polar surface area (TPSA) is 63.8 Å². The summed E-state index contributed by atoms with van der Waals surface area (Å²) in [6, 6.07) is 13.6. The third kappa shape index (κ3) is 2.93. The van der Waals surface area contributed by atoms with Crippen molar-refractivity contribution in [2.24, 2.45) is 0 Å². The van der Waals surface area contributed by atoms with Gasteiger partial charge in [-0.3, -0.25) is 4.40 Å². The molecule has 1 N–H and O–H groups in total. The van der Waals surface area contributed by atoms with Crippen molar-refractivity contribution in [2.45, 2.75) is 13.2 Å². The standard InChI is InChI=1S/C16H14N2O3/c19-16(20)14-9-17-15-8-13(6-7-18(14)15)11-21-10-12-4-2-1-3-5-12/h1-9H,10-11H2,(H,19,20). The lowest BCUT2D eigenvalue weighted by Gasteiger charge is -2.05. The number of hydrogen-bond donors (Lipinski definition) is 1. The van der Waals surface area contributed by atoms with Gasteiger partial charge in [0.2, 0.25) is 0 Å². The first-order chi connectivity index (χ1) is 10.2. The van der Waals surface area contributed by atoms with Crippen LogP contribution in [-0.2, 0) is 18.0 Å². The molecule has 0 amide bonds. The van der Waals surface area contributed by atoms with E-state index in [-0.39, 0.29) is 5.69 Å². The number of hydrogen-bond acceptors (Lipinski definition) is 3. The number of aromatic nitrogens is 2. The summed E-state index contributed by atoms with van der Waals surface area (Å²) < 4.78 is 7.20. The van der Waals surface area contributed by atoms with Crippen molar-refractivity contribution in [1.82, 2.24) is 9.38 Å². The fraction of sp³-hybridized carbons (Fsp3) is 0.125. The minimum absolute atomic E-state index is 0.154. The quantitative estimate of drug-likeness (QED) is 0.781. The predicted molar refractivity (Wildman–Crippen MR) is 77.1 cm³/mol.